The fraction of sp³-hybridized carbons (Fsp3) is 0.444. The fourth-order valence-electron chi connectivity index (χ4n) is 3.45. The van der Waals surface area contributed by atoms with Crippen LogP contribution in [0.5, 0.6) is 0 Å². The third-order valence-electron chi connectivity index (χ3n) is 4.65. The van der Waals surface area contributed by atoms with Gasteiger partial charge in [0.15, 0.2) is 0 Å². The molecule has 0 aliphatic heterocycles. The second kappa shape index (κ2) is 6.52. The summed E-state index contributed by atoms with van der Waals surface area (Å²) in [5, 5.41) is 6.96. The lowest BCUT2D eigenvalue weighted by Gasteiger charge is -2.25. The van der Waals surface area contributed by atoms with E-state index in [0.717, 1.165) is 18.4 Å². The van der Waals surface area contributed by atoms with Gasteiger partial charge < -0.3 is 9.84 Å². The molecule has 1 aromatic carbocycles. The summed E-state index contributed by atoms with van der Waals surface area (Å²) in [7, 11) is 0. The van der Waals surface area contributed by atoms with Crippen LogP contribution in [0.25, 0.3) is 0 Å². The number of nitrogens with one attached hydrogen (secondary N) is 1. The van der Waals surface area contributed by atoms with Crippen LogP contribution in [0, 0.1) is 25.6 Å². The predicted molar refractivity (Wildman–Crippen MR) is 84.5 cm³/mol. The van der Waals surface area contributed by atoms with Gasteiger partial charge in [0.25, 0.3) is 5.91 Å². The van der Waals surface area contributed by atoms with Crippen molar-refractivity contribution in [2.75, 3.05) is 0 Å². The molecule has 1 heterocycles. The van der Waals surface area contributed by atoms with E-state index in [2.05, 4.69) is 10.5 Å². The fourth-order valence-corrected chi connectivity index (χ4v) is 3.45. The van der Waals surface area contributed by atoms with E-state index in [1.165, 1.54) is 25.0 Å². The van der Waals surface area contributed by atoms with Crippen LogP contribution in [0.2, 0.25) is 0 Å². The Morgan fingerprint density at radius 2 is 1.91 bits per heavy atom. The highest BCUT2D eigenvalue weighted by Crippen LogP contribution is 2.36. The summed E-state index contributed by atoms with van der Waals surface area (Å²) in [6, 6.07) is 6.29. The highest BCUT2D eigenvalue weighted by atomic mass is 19.1. The Morgan fingerprint density at radius 3 is 2.48 bits per heavy atom. The lowest BCUT2D eigenvalue weighted by atomic mass is 9.91. The second-order valence-electron chi connectivity index (χ2n) is 6.25. The molecule has 0 bridgehead atoms. The Kier molecular flexibility index (Phi) is 4.46. The van der Waals surface area contributed by atoms with Crippen molar-refractivity contribution in [1.82, 2.24) is 10.5 Å². The monoisotopic (exact) mass is 316 g/mol. The van der Waals surface area contributed by atoms with Crippen molar-refractivity contribution in [3.05, 3.63) is 52.7 Å². The maximum Gasteiger partial charge on any atom is 0.257 e. The number of rotatable bonds is 4. The summed E-state index contributed by atoms with van der Waals surface area (Å²) < 4.78 is 18.3. The molecule has 1 saturated carbocycles. The van der Waals surface area contributed by atoms with Crippen LogP contribution < -0.4 is 5.32 Å². The molecule has 0 radical (unpaired) electrons. The average Bonchev–Trinajstić information content (AvgIpc) is 3.16. The molecule has 4 nitrogen and oxygen atoms in total. The summed E-state index contributed by atoms with van der Waals surface area (Å²) in [6.07, 6.45) is 4.49. The number of carbonyl (C=O) groups excluding carboxylic acids is 1. The zero-order chi connectivity index (χ0) is 16.4. The topological polar surface area (TPSA) is 55.1 Å². The van der Waals surface area contributed by atoms with Crippen LogP contribution in [0.3, 0.4) is 0 Å². The van der Waals surface area contributed by atoms with Gasteiger partial charge in [-0.1, -0.05) is 30.1 Å². The molecule has 1 aromatic heterocycles. The van der Waals surface area contributed by atoms with Crippen molar-refractivity contribution < 1.29 is 13.7 Å². The maximum atomic E-state index is 13.2. The van der Waals surface area contributed by atoms with Gasteiger partial charge in [-0.15, -0.1) is 0 Å². The van der Waals surface area contributed by atoms with Crippen LogP contribution in [0.15, 0.2) is 28.8 Å². The van der Waals surface area contributed by atoms with Gasteiger partial charge in [0.05, 0.1) is 11.7 Å². The molecule has 1 aliphatic rings. The molecule has 5 heteroatoms. The average molecular weight is 316 g/mol. The second-order valence-corrected chi connectivity index (χ2v) is 6.25. The molecule has 0 saturated heterocycles. The van der Waals surface area contributed by atoms with Crippen molar-refractivity contribution in [1.29, 1.82) is 0 Å². The molecule has 1 amide bonds. The highest BCUT2D eigenvalue weighted by Gasteiger charge is 2.29. The predicted octanol–water partition coefficient (Wildman–Crippen LogP) is 4.09. The molecular weight excluding hydrogens is 295 g/mol. The number of aryl methyl sites for hydroxylation is 2. The summed E-state index contributed by atoms with van der Waals surface area (Å²) in [4.78, 5) is 12.7. The first-order chi connectivity index (χ1) is 11.1. The summed E-state index contributed by atoms with van der Waals surface area (Å²) >= 11 is 0. The molecule has 122 valence electrons. The normalized spacial score (nSPS) is 16.5. The van der Waals surface area contributed by atoms with E-state index in [0.29, 0.717) is 22.9 Å². The van der Waals surface area contributed by atoms with E-state index in [9.17, 15) is 9.18 Å². The van der Waals surface area contributed by atoms with E-state index in [-0.39, 0.29) is 17.8 Å². The Hall–Kier alpha value is -2.17. The number of halogens is 1. The first kappa shape index (κ1) is 15.7. The van der Waals surface area contributed by atoms with Gasteiger partial charge in [-0.05, 0) is 50.3 Å². The lowest BCUT2D eigenvalue weighted by Crippen LogP contribution is -2.33. The number of amides is 1. The standard InChI is InChI=1S/C18H21FN2O2/c1-11-16(12(2)23-21-11)18(22)20-17(13-5-3-4-6-13)14-7-9-15(19)10-8-14/h7-10,13,17H,3-6H2,1-2H3,(H,20,22)/t17-/m0/s1. The Labute approximate surface area is 135 Å². The van der Waals surface area contributed by atoms with Crippen LogP contribution in [0.1, 0.15) is 59.1 Å². The van der Waals surface area contributed by atoms with E-state index in [4.69, 9.17) is 4.52 Å². The summed E-state index contributed by atoms with van der Waals surface area (Å²) in [6.45, 7) is 3.49. The van der Waals surface area contributed by atoms with Gasteiger partial charge >= 0.3 is 0 Å². The zero-order valence-corrected chi connectivity index (χ0v) is 13.4. The van der Waals surface area contributed by atoms with Crippen molar-refractivity contribution >= 4 is 5.91 Å². The molecule has 1 N–H and O–H groups in total. The minimum Gasteiger partial charge on any atom is -0.361 e. The Bertz CT molecular complexity index is 668. The number of benzene rings is 1. The van der Waals surface area contributed by atoms with Crippen LogP contribution in [-0.2, 0) is 0 Å². The molecule has 1 aliphatic carbocycles. The van der Waals surface area contributed by atoms with Gasteiger partial charge in [0, 0.05) is 0 Å². The molecule has 1 atom stereocenters. The SMILES string of the molecule is Cc1noc(C)c1C(=O)N[C@H](c1ccc(F)cc1)C1CCCC1. The number of carbonyl (C=O) groups is 1. The maximum absolute atomic E-state index is 13.2. The van der Waals surface area contributed by atoms with Gasteiger partial charge in [-0.3, -0.25) is 4.79 Å². The minimum atomic E-state index is -0.268. The Balaban J connectivity index is 1.86. The van der Waals surface area contributed by atoms with E-state index < -0.39 is 0 Å². The summed E-state index contributed by atoms with van der Waals surface area (Å²) in [5.41, 5.74) is 2.03. The van der Waals surface area contributed by atoms with Crippen molar-refractivity contribution in [2.24, 2.45) is 5.92 Å². The molecule has 3 rings (SSSR count). The van der Waals surface area contributed by atoms with Gasteiger partial charge in [-0.2, -0.15) is 0 Å². The molecule has 1 fully saturated rings. The molecule has 2 aromatic rings. The number of aromatic nitrogens is 1. The molecule has 0 spiro atoms. The number of nitrogens with zero attached hydrogens (tertiary/aromatic N) is 1. The minimum absolute atomic E-state index is 0.112. The van der Waals surface area contributed by atoms with Crippen molar-refractivity contribution in [3.8, 4) is 0 Å². The van der Waals surface area contributed by atoms with Gasteiger partial charge in [0.2, 0.25) is 0 Å². The van der Waals surface area contributed by atoms with Crippen LogP contribution >= 0.6 is 0 Å². The highest BCUT2D eigenvalue weighted by molar-refractivity contribution is 5.96. The van der Waals surface area contributed by atoms with Gasteiger partial charge in [0.1, 0.15) is 17.1 Å². The third-order valence-corrected chi connectivity index (χ3v) is 4.65. The lowest BCUT2D eigenvalue weighted by molar-refractivity contribution is 0.0919. The molecule has 0 unspecified atom stereocenters. The number of hydrogen-bond acceptors (Lipinski definition) is 3. The molecular formula is C18H21FN2O2. The number of hydrogen-bond donors (Lipinski definition) is 1. The van der Waals surface area contributed by atoms with Crippen LogP contribution in [-0.4, -0.2) is 11.1 Å². The quantitative estimate of drug-likeness (QED) is 0.924. The molecule has 23 heavy (non-hydrogen) atoms. The Morgan fingerprint density at radius 1 is 1.26 bits per heavy atom. The largest absolute Gasteiger partial charge is 0.361 e. The smallest absolute Gasteiger partial charge is 0.257 e. The van der Waals surface area contributed by atoms with Gasteiger partial charge in [-0.25, -0.2) is 4.39 Å². The summed E-state index contributed by atoms with van der Waals surface area (Å²) in [5.74, 6) is 0.451. The van der Waals surface area contributed by atoms with Crippen LogP contribution in [0.4, 0.5) is 4.39 Å². The zero-order valence-electron chi connectivity index (χ0n) is 13.4. The third kappa shape index (κ3) is 3.28. The van der Waals surface area contributed by atoms with E-state index >= 15 is 0 Å². The first-order valence-corrected chi connectivity index (χ1v) is 8.05. The van der Waals surface area contributed by atoms with E-state index in [1.807, 2.05) is 0 Å². The van der Waals surface area contributed by atoms with Crippen molar-refractivity contribution in [3.63, 3.8) is 0 Å². The van der Waals surface area contributed by atoms with E-state index in [1.54, 1.807) is 26.0 Å². The van der Waals surface area contributed by atoms with Crippen molar-refractivity contribution in [2.45, 2.75) is 45.6 Å². The first-order valence-electron chi connectivity index (χ1n) is 8.05.